The van der Waals surface area contributed by atoms with Gasteiger partial charge in [-0.25, -0.2) is 9.79 Å². The molecule has 1 amide bonds. The van der Waals surface area contributed by atoms with E-state index in [-0.39, 0.29) is 30.1 Å². The summed E-state index contributed by atoms with van der Waals surface area (Å²) in [5.74, 6) is 0.500. The summed E-state index contributed by atoms with van der Waals surface area (Å²) in [6.07, 6.45) is 3.33. The molecule has 1 saturated heterocycles. The molecule has 0 aromatic carbocycles. The van der Waals surface area contributed by atoms with Crippen LogP contribution in [0.5, 0.6) is 0 Å². The molecule has 1 fully saturated rings. The zero-order chi connectivity index (χ0) is 17.7. The van der Waals surface area contributed by atoms with Crippen LogP contribution in [-0.2, 0) is 11.3 Å². The first-order chi connectivity index (χ1) is 11.2. The van der Waals surface area contributed by atoms with Crippen LogP contribution in [0.25, 0.3) is 0 Å². The maximum atomic E-state index is 12.0. The molecule has 2 heterocycles. The van der Waals surface area contributed by atoms with Crippen molar-refractivity contribution in [1.82, 2.24) is 14.8 Å². The number of piperazine rings is 1. The van der Waals surface area contributed by atoms with Gasteiger partial charge < -0.3 is 20.3 Å². The number of rotatable bonds is 2. The summed E-state index contributed by atoms with van der Waals surface area (Å²) >= 11 is 0. The van der Waals surface area contributed by atoms with Gasteiger partial charge in [0.25, 0.3) is 0 Å². The summed E-state index contributed by atoms with van der Waals surface area (Å²) < 4.78 is 5.39. The van der Waals surface area contributed by atoms with Crippen molar-refractivity contribution in [1.29, 1.82) is 0 Å². The zero-order valence-corrected chi connectivity index (χ0v) is 17.7. The standard InChI is InChI=1S/C17H27N5O2.HI/c1-13-9-14(11-19-10-13)12-20-15(18)21-5-7-22(8-6-21)16(23)24-17(2,3)4;/h9-11H,5-8,12H2,1-4H3,(H2,18,20);1H. The molecule has 1 aliphatic rings. The molecule has 0 saturated carbocycles. The molecule has 8 heteroatoms. The maximum Gasteiger partial charge on any atom is 0.410 e. The Morgan fingerprint density at radius 1 is 1.24 bits per heavy atom. The minimum absolute atomic E-state index is 0. The van der Waals surface area contributed by atoms with E-state index in [1.165, 1.54) is 0 Å². The van der Waals surface area contributed by atoms with Gasteiger partial charge in [-0.2, -0.15) is 0 Å². The Bertz CT molecular complexity index is 607. The van der Waals surface area contributed by atoms with Gasteiger partial charge in [-0.05, 0) is 38.8 Å². The van der Waals surface area contributed by atoms with Crippen molar-refractivity contribution in [3.63, 3.8) is 0 Å². The number of nitrogens with two attached hydrogens (primary N) is 1. The quantitative estimate of drug-likeness (QED) is 0.416. The predicted octanol–water partition coefficient (Wildman–Crippen LogP) is 2.38. The number of aryl methyl sites for hydroxylation is 1. The Morgan fingerprint density at radius 2 is 1.84 bits per heavy atom. The first-order valence-corrected chi connectivity index (χ1v) is 8.18. The fraction of sp³-hybridized carbons (Fsp3) is 0.588. The number of pyridine rings is 1. The number of carbonyl (C=O) groups excluding carboxylic acids is 1. The minimum atomic E-state index is -0.476. The van der Waals surface area contributed by atoms with Crippen molar-refractivity contribution < 1.29 is 9.53 Å². The highest BCUT2D eigenvalue weighted by atomic mass is 127. The number of ether oxygens (including phenoxy) is 1. The number of nitrogens with zero attached hydrogens (tertiary/aromatic N) is 4. The second kappa shape index (κ2) is 9.21. The van der Waals surface area contributed by atoms with E-state index in [0.717, 1.165) is 11.1 Å². The van der Waals surface area contributed by atoms with Crippen molar-refractivity contribution in [3.05, 3.63) is 29.6 Å². The van der Waals surface area contributed by atoms with Crippen molar-refractivity contribution in [2.45, 2.75) is 39.8 Å². The van der Waals surface area contributed by atoms with Gasteiger partial charge in [-0.1, -0.05) is 6.07 Å². The highest BCUT2D eigenvalue weighted by molar-refractivity contribution is 14.0. The normalized spacial score (nSPS) is 15.6. The summed E-state index contributed by atoms with van der Waals surface area (Å²) in [6, 6.07) is 2.05. The van der Waals surface area contributed by atoms with Gasteiger partial charge in [0.1, 0.15) is 5.60 Å². The number of amides is 1. The molecule has 0 unspecified atom stereocenters. The zero-order valence-electron chi connectivity index (χ0n) is 15.4. The summed E-state index contributed by atoms with van der Waals surface area (Å²) in [6.45, 7) is 10.6. The van der Waals surface area contributed by atoms with Gasteiger partial charge in [0.05, 0.1) is 6.54 Å². The Morgan fingerprint density at radius 3 is 2.40 bits per heavy atom. The van der Waals surface area contributed by atoms with E-state index in [0.29, 0.717) is 38.7 Å². The summed E-state index contributed by atoms with van der Waals surface area (Å²) in [5, 5.41) is 0. The van der Waals surface area contributed by atoms with E-state index in [2.05, 4.69) is 9.98 Å². The Balaban J connectivity index is 0.00000312. The average molecular weight is 461 g/mol. The molecule has 0 radical (unpaired) electrons. The van der Waals surface area contributed by atoms with Crippen molar-refractivity contribution in [3.8, 4) is 0 Å². The van der Waals surface area contributed by atoms with Crippen molar-refractivity contribution >= 4 is 36.0 Å². The largest absolute Gasteiger partial charge is 0.444 e. The van der Waals surface area contributed by atoms with Crippen LogP contribution in [-0.4, -0.2) is 58.6 Å². The number of guanidine groups is 1. The molecule has 7 nitrogen and oxygen atoms in total. The van der Waals surface area contributed by atoms with E-state index in [1.807, 2.05) is 44.9 Å². The van der Waals surface area contributed by atoms with E-state index in [1.54, 1.807) is 11.1 Å². The summed E-state index contributed by atoms with van der Waals surface area (Å²) in [4.78, 5) is 24.3. The third-order valence-electron chi connectivity index (χ3n) is 3.61. The third-order valence-corrected chi connectivity index (χ3v) is 3.61. The SMILES string of the molecule is Cc1cncc(CN=C(N)N2CCN(C(=O)OC(C)(C)C)CC2)c1.I. The monoisotopic (exact) mass is 461 g/mol. The van der Waals surface area contributed by atoms with E-state index >= 15 is 0 Å². The van der Waals surface area contributed by atoms with E-state index in [9.17, 15) is 4.79 Å². The minimum Gasteiger partial charge on any atom is -0.444 e. The van der Waals surface area contributed by atoms with Gasteiger partial charge in [-0.3, -0.25) is 4.98 Å². The molecule has 2 rings (SSSR count). The van der Waals surface area contributed by atoms with Gasteiger partial charge in [0.15, 0.2) is 5.96 Å². The number of aliphatic imine (C=N–C) groups is 1. The summed E-state index contributed by atoms with van der Waals surface area (Å²) in [7, 11) is 0. The van der Waals surface area contributed by atoms with Crippen molar-refractivity contribution in [2.24, 2.45) is 10.7 Å². The average Bonchev–Trinajstić information content (AvgIpc) is 2.51. The lowest BCUT2D eigenvalue weighted by molar-refractivity contribution is 0.0186. The molecule has 0 spiro atoms. The molecule has 2 N–H and O–H groups in total. The topological polar surface area (TPSA) is 84.0 Å². The first-order valence-electron chi connectivity index (χ1n) is 8.18. The fourth-order valence-corrected chi connectivity index (χ4v) is 2.42. The van der Waals surface area contributed by atoms with Crippen LogP contribution in [0.3, 0.4) is 0 Å². The molecular weight excluding hydrogens is 433 g/mol. The van der Waals surface area contributed by atoms with Crippen LogP contribution in [0, 0.1) is 6.92 Å². The van der Waals surface area contributed by atoms with Crippen LogP contribution >= 0.6 is 24.0 Å². The number of halogens is 1. The highest BCUT2D eigenvalue weighted by Crippen LogP contribution is 2.12. The molecule has 0 aliphatic carbocycles. The van der Waals surface area contributed by atoms with Gasteiger partial charge in [-0.15, -0.1) is 24.0 Å². The second-order valence-corrected chi connectivity index (χ2v) is 7.00. The lowest BCUT2D eigenvalue weighted by Gasteiger charge is -2.36. The van der Waals surface area contributed by atoms with Crippen LogP contribution in [0.2, 0.25) is 0 Å². The maximum absolute atomic E-state index is 12.0. The van der Waals surface area contributed by atoms with Gasteiger partial charge in [0, 0.05) is 38.6 Å². The van der Waals surface area contributed by atoms with Crippen LogP contribution in [0.1, 0.15) is 31.9 Å². The number of hydrogen-bond acceptors (Lipinski definition) is 4. The number of carbonyl (C=O) groups is 1. The third kappa shape index (κ3) is 7.05. The highest BCUT2D eigenvalue weighted by Gasteiger charge is 2.26. The van der Waals surface area contributed by atoms with Crippen molar-refractivity contribution in [2.75, 3.05) is 26.2 Å². The van der Waals surface area contributed by atoms with Crippen LogP contribution in [0.4, 0.5) is 4.79 Å². The second-order valence-electron chi connectivity index (χ2n) is 7.00. The van der Waals surface area contributed by atoms with E-state index < -0.39 is 5.60 Å². The lowest BCUT2D eigenvalue weighted by Crippen LogP contribution is -2.53. The molecule has 1 aromatic heterocycles. The van der Waals surface area contributed by atoms with Gasteiger partial charge in [0.2, 0.25) is 0 Å². The smallest absolute Gasteiger partial charge is 0.410 e. The lowest BCUT2D eigenvalue weighted by atomic mass is 10.2. The molecular formula is C17H28IN5O2. The predicted molar refractivity (Wildman–Crippen MR) is 109 cm³/mol. The number of aromatic nitrogens is 1. The summed E-state index contributed by atoms with van der Waals surface area (Å²) in [5.41, 5.74) is 7.74. The van der Waals surface area contributed by atoms with Crippen LogP contribution < -0.4 is 5.73 Å². The molecule has 0 bridgehead atoms. The molecule has 140 valence electrons. The number of hydrogen-bond donors (Lipinski definition) is 1. The molecule has 1 aromatic rings. The molecule has 0 atom stereocenters. The Kier molecular flexibility index (Phi) is 7.91. The Labute approximate surface area is 166 Å². The Hall–Kier alpha value is -1.58. The van der Waals surface area contributed by atoms with Gasteiger partial charge >= 0.3 is 6.09 Å². The van der Waals surface area contributed by atoms with Crippen LogP contribution in [0.15, 0.2) is 23.5 Å². The van der Waals surface area contributed by atoms with E-state index in [4.69, 9.17) is 10.5 Å². The molecule has 1 aliphatic heterocycles. The first kappa shape index (κ1) is 21.5. The molecule has 25 heavy (non-hydrogen) atoms. The fourth-order valence-electron chi connectivity index (χ4n) is 2.42.